The third-order valence-electron chi connectivity index (χ3n) is 6.55. The van der Waals surface area contributed by atoms with Crippen LogP contribution in [0.3, 0.4) is 0 Å². The molecule has 6 aromatic rings. The molecule has 0 saturated heterocycles. The first-order chi connectivity index (χ1) is 20.6. The normalized spacial score (nSPS) is 12.0. The largest absolute Gasteiger partial charge is 0.487 e. The van der Waals surface area contributed by atoms with Crippen LogP contribution in [0.2, 0.25) is 0 Å². The minimum Gasteiger partial charge on any atom is -0.487 e. The summed E-state index contributed by atoms with van der Waals surface area (Å²) >= 11 is 1.23. The number of nitrogens with zero attached hydrogens (tertiary/aromatic N) is 5. The van der Waals surface area contributed by atoms with Gasteiger partial charge in [-0.15, -0.1) is 11.3 Å². The molecule has 0 unspecified atom stereocenters. The van der Waals surface area contributed by atoms with Crippen LogP contribution in [-0.2, 0) is 22.6 Å². The zero-order valence-electron chi connectivity index (χ0n) is 22.4. The van der Waals surface area contributed by atoms with Crippen LogP contribution in [-0.4, -0.2) is 39.2 Å². The summed E-state index contributed by atoms with van der Waals surface area (Å²) in [5, 5.41) is 9.81. The van der Waals surface area contributed by atoms with Crippen molar-refractivity contribution in [2.75, 3.05) is 6.26 Å². The van der Waals surface area contributed by atoms with Crippen molar-refractivity contribution >= 4 is 21.2 Å². The predicted molar refractivity (Wildman–Crippen MR) is 156 cm³/mol. The number of halogens is 3. The summed E-state index contributed by atoms with van der Waals surface area (Å²) in [4.78, 5) is 4.61. The molecule has 0 amide bonds. The van der Waals surface area contributed by atoms with Crippen molar-refractivity contribution in [1.29, 1.82) is 0 Å². The molecule has 0 saturated carbocycles. The summed E-state index contributed by atoms with van der Waals surface area (Å²) in [7, 11) is -3.43. The molecule has 0 radical (unpaired) electrons. The first kappa shape index (κ1) is 28.4. The average Bonchev–Trinajstić information content (AvgIpc) is 3.77. The molecule has 6 rings (SSSR count). The highest BCUT2D eigenvalue weighted by Crippen LogP contribution is 2.39. The molecular weight excluding hydrogens is 599 g/mol. The van der Waals surface area contributed by atoms with Gasteiger partial charge >= 0.3 is 6.18 Å². The van der Waals surface area contributed by atoms with Gasteiger partial charge < -0.3 is 4.74 Å². The van der Waals surface area contributed by atoms with E-state index in [-0.39, 0.29) is 17.2 Å². The van der Waals surface area contributed by atoms with E-state index >= 15 is 0 Å². The number of sulfone groups is 1. The van der Waals surface area contributed by atoms with E-state index in [0.29, 0.717) is 27.4 Å². The predicted octanol–water partition coefficient (Wildman–Crippen LogP) is 6.85. The Morgan fingerprint density at radius 3 is 2.44 bits per heavy atom. The average molecular weight is 622 g/mol. The van der Waals surface area contributed by atoms with Crippen molar-refractivity contribution in [2.24, 2.45) is 0 Å². The maximum Gasteiger partial charge on any atom is 0.435 e. The summed E-state index contributed by atoms with van der Waals surface area (Å²) in [6, 6.07) is 23.4. The summed E-state index contributed by atoms with van der Waals surface area (Å²) in [5.74, 6) is 0.346. The number of alkyl halides is 3. The van der Waals surface area contributed by atoms with Crippen molar-refractivity contribution in [3.8, 4) is 38.8 Å². The summed E-state index contributed by atoms with van der Waals surface area (Å²) in [5.41, 5.74) is 2.47. The molecule has 8 nitrogen and oxygen atoms in total. The quantitative estimate of drug-likeness (QED) is 0.185. The Morgan fingerprint density at radius 1 is 0.930 bits per heavy atom. The molecule has 3 aromatic heterocycles. The number of hydrogen-bond acceptors (Lipinski definition) is 7. The van der Waals surface area contributed by atoms with Gasteiger partial charge in [0.05, 0.1) is 21.2 Å². The van der Waals surface area contributed by atoms with Gasteiger partial charge in [-0.3, -0.25) is 0 Å². The smallest absolute Gasteiger partial charge is 0.435 e. The lowest BCUT2D eigenvalue weighted by molar-refractivity contribution is -0.141. The topological polar surface area (TPSA) is 91.9 Å². The molecule has 0 bridgehead atoms. The summed E-state index contributed by atoms with van der Waals surface area (Å²) in [6.45, 7) is 0.164. The third-order valence-corrected chi connectivity index (χ3v) is 8.62. The number of para-hydroxylation sites is 2. The van der Waals surface area contributed by atoms with Gasteiger partial charge in [0.2, 0.25) is 0 Å². The van der Waals surface area contributed by atoms with E-state index in [2.05, 4.69) is 15.2 Å². The lowest BCUT2D eigenvalue weighted by atomic mass is 10.1. The molecule has 0 N–H and O–H groups in total. The maximum atomic E-state index is 13.9. The molecule has 0 fully saturated rings. The number of aromatic nitrogens is 5. The second-order valence-electron chi connectivity index (χ2n) is 9.59. The van der Waals surface area contributed by atoms with Crippen LogP contribution >= 0.6 is 11.3 Å². The van der Waals surface area contributed by atoms with Crippen LogP contribution in [0.15, 0.2) is 108 Å². The molecule has 13 heteroatoms. The van der Waals surface area contributed by atoms with E-state index in [1.54, 1.807) is 64.9 Å². The number of benzene rings is 3. The molecule has 0 aliphatic heterocycles. The highest BCUT2D eigenvalue weighted by molar-refractivity contribution is 7.90. The minimum absolute atomic E-state index is 0.154. The summed E-state index contributed by atoms with van der Waals surface area (Å²) < 4.78 is 74.6. The van der Waals surface area contributed by atoms with E-state index in [4.69, 9.17) is 4.74 Å². The van der Waals surface area contributed by atoms with Gasteiger partial charge in [0.1, 0.15) is 30.7 Å². The Bertz CT molecular complexity index is 2000. The molecule has 218 valence electrons. The molecule has 0 aliphatic carbocycles. The fourth-order valence-electron chi connectivity index (χ4n) is 4.41. The molecule has 3 heterocycles. The van der Waals surface area contributed by atoms with Crippen molar-refractivity contribution in [2.45, 2.75) is 17.7 Å². The van der Waals surface area contributed by atoms with E-state index < -0.39 is 21.7 Å². The molecule has 43 heavy (non-hydrogen) atoms. The Morgan fingerprint density at radius 2 is 1.72 bits per heavy atom. The van der Waals surface area contributed by atoms with Crippen LogP contribution in [0.4, 0.5) is 13.2 Å². The monoisotopic (exact) mass is 621 g/mol. The first-order valence-electron chi connectivity index (χ1n) is 12.8. The van der Waals surface area contributed by atoms with Gasteiger partial charge in [-0.05, 0) is 70.6 Å². The lowest BCUT2D eigenvalue weighted by Gasteiger charge is -2.14. The Balaban J connectivity index is 1.33. The van der Waals surface area contributed by atoms with E-state index in [1.807, 2.05) is 24.3 Å². The van der Waals surface area contributed by atoms with Crippen LogP contribution in [0.25, 0.3) is 33.1 Å². The van der Waals surface area contributed by atoms with Crippen molar-refractivity contribution in [3.63, 3.8) is 0 Å². The van der Waals surface area contributed by atoms with Gasteiger partial charge in [-0.1, -0.05) is 36.4 Å². The van der Waals surface area contributed by atoms with Crippen molar-refractivity contribution < 1.29 is 26.3 Å². The number of rotatable bonds is 8. The maximum absolute atomic E-state index is 13.9. The van der Waals surface area contributed by atoms with Crippen molar-refractivity contribution in [1.82, 2.24) is 24.5 Å². The molecule has 0 spiro atoms. The molecular formula is C30H22F3N5O3S2. The van der Waals surface area contributed by atoms with Gasteiger partial charge in [0.25, 0.3) is 0 Å². The Labute approximate surface area is 248 Å². The minimum atomic E-state index is -4.68. The van der Waals surface area contributed by atoms with Crippen LogP contribution in [0, 0.1) is 0 Å². The fraction of sp³-hybridized carbons (Fsp3) is 0.100. The highest BCUT2D eigenvalue weighted by Gasteiger charge is 2.36. The SMILES string of the molecule is CS(=O)(=O)c1cccc(-c2csc(-c3cc(C(F)(F)F)nn3-c3ccccc3OCc3ccc(-n4cncn4)cc3)c2)c1. The third kappa shape index (κ3) is 6.08. The highest BCUT2D eigenvalue weighted by atomic mass is 32.2. The van der Waals surface area contributed by atoms with Gasteiger partial charge in [-0.25, -0.2) is 22.8 Å². The zero-order valence-corrected chi connectivity index (χ0v) is 24.1. The summed E-state index contributed by atoms with van der Waals surface area (Å²) in [6.07, 6.45) is -0.529. The van der Waals surface area contributed by atoms with Crippen LogP contribution < -0.4 is 4.74 Å². The zero-order chi connectivity index (χ0) is 30.2. The van der Waals surface area contributed by atoms with Gasteiger partial charge in [0.15, 0.2) is 15.5 Å². The van der Waals surface area contributed by atoms with Gasteiger partial charge in [-0.2, -0.15) is 23.4 Å². The second kappa shape index (κ2) is 11.2. The van der Waals surface area contributed by atoms with E-state index in [0.717, 1.165) is 23.6 Å². The lowest BCUT2D eigenvalue weighted by Crippen LogP contribution is -2.08. The second-order valence-corrected chi connectivity index (χ2v) is 12.5. The van der Waals surface area contributed by atoms with E-state index in [1.165, 1.54) is 28.4 Å². The number of hydrogen-bond donors (Lipinski definition) is 0. The molecule has 3 aromatic carbocycles. The first-order valence-corrected chi connectivity index (χ1v) is 15.6. The van der Waals surface area contributed by atoms with Crippen molar-refractivity contribution in [3.05, 3.63) is 114 Å². The Kier molecular flexibility index (Phi) is 7.36. The number of thiophene rings is 1. The molecule has 0 aliphatic rings. The Hall–Kier alpha value is -4.75. The van der Waals surface area contributed by atoms with Gasteiger partial charge in [0, 0.05) is 6.26 Å². The van der Waals surface area contributed by atoms with Crippen LogP contribution in [0.5, 0.6) is 5.75 Å². The standard InChI is InChI=1S/C30H22F3N5O3S2/c1-43(39,40)24-6-4-5-21(13-24)22-14-28(42-17-22)26-15-29(30(31,32)33)36-38(26)25-7-2-3-8-27(25)41-16-20-9-11-23(12-10-20)37-19-34-18-35-37/h2-15,17-19H,16H2,1H3. The van der Waals surface area contributed by atoms with E-state index in [9.17, 15) is 21.6 Å². The fourth-order valence-corrected chi connectivity index (χ4v) is 5.99. The number of ether oxygens (including phenoxy) is 1. The van der Waals surface area contributed by atoms with Crippen LogP contribution in [0.1, 0.15) is 11.3 Å². The molecule has 0 atom stereocenters.